The molecule has 0 unspecified atom stereocenters. The zero-order valence-corrected chi connectivity index (χ0v) is 18.7. The number of benzene rings is 1. The highest BCUT2D eigenvalue weighted by molar-refractivity contribution is 14.0. The van der Waals surface area contributed by atoms with E-state index in [1.165, 1.54) is 19.3 Å². The van der Waals surface area contributed by atoms with E-state index in [1.54, 1.807) is 0 Å². The Balaban J connectivity index is 0.00000338. The lowest BCUT2D eigenvalue weighted by Gasteiger charge is -2.23. The molecule has 6 nitrogen and oxygen atoms in total. The SMILES string of the molecule is CC(C)NS(=O)(=O)Cc1ccccc1CN=C(N)NC1CCCCC1.I. The van der Waals surface area contributed by atoms with Crippen LogP contribution in [0.4, 0.5) is 0 Å². The van der Waals surface area contributed by atoms with Crippen molar-refractivity contribution in [1.82, 2.24) is 10.0 Å². The first kappa shape index (κ1) is 23.2. The molecule has 26 heavy (non-hydrogen) atoms. The molecule has 1 aromatic rings. The van der Waals surface area contributed by atoms with Gasteiger partial charge in [0, 0.05) is 12.1 Å². The maximum absolute atomic E-state index is 12.2. The molecule has 0 aromatic heterocycles. The smallest absolute Gasteiger partial charge is 0.216 e. The van der Waals surface area contributed by atoms with Crippen molar-refractivity contribution in [1.29, 1.82) is 0 Å². The predicted molar refractivity (Wildman–Crippen MR) is 118 cm³/mol. The molecule has 8 heteroatoms. The van der Waals surface area contributed by atoms with Gasteiger partial charge < -0.3 is 11.1 Å². The van der Waals surface area contributed by atoms with E-state index in [1.807, 2.05) is 38.1 Å². The molecule has 1 saturated carbocycles. The van der Waals surface area contributed by atoms with Crippen LogP contribution in [0.25, 0.3) is 0 Å². The second-order valence-corrected chi connectivity index (χ2v) is 8.73. The van der Waals surface area contributed by atoms with Gasteiger partial charge in [0.25, 0.3) is 0 Å². The zero-order chi connectivity index (χ0) is 18.3. The molecule has 0 aliphatic heterocycles. The molecule has 1 aliphatic rings. The Bertz CT molecular complexity index is 686. The lowest BCUT2D eigenvalue weighted by molar-refractivity contribution is 0.412. The van der Waals surface area contributed by atoms with Gasteiger partial charge in [0.1, 0.15) is 0 Å². The minimum absolute atomic E-state index is 0. The molecular formula is C18H31IN4O2S. The Kier molecular flexibility index (Phi) is 9.88. The van der Waals surface area contributed by atoms with Crippen LogP contribution in [-0.2, 0) is 22.3 Å². The number of halogens is 1. The highest BCUT2D eigenvalue weighted by Gasteiger charge is 2.16. The molecule has 0 radical (unpaired) electrons. The first-order valence-electron chi connectivity index (χ1n) is 8.99. The number of hydrogen-bond acceptors (Lipinski definition) is 3. The fourth-order valence-electron chi connectivity index (χ4n) is 3.13. The Labute approximate surface area is 174 Å². The maximum atomic E-state index is 12.2. The summed E-state index contributed by atoms with van der Waals surface area (Å²) in [4.78, 5) is 4.41. The van der Waals surface area contributed by atoms with Crippen molar-refractivity contribution in [2.45, 2.75) is 70.3 Å². The molecule has 1 aromatic carbocycles. The second-order valence-electron chi connectivity index (χ2n) is 6.98. The molecule has 0 heterocycles. The van der Waals surface area contributed by atoms with Gasteiger partial charge in [0.2, 0.25) is 10.0 Å². The zero-order valence-electron chi connectivity index (χ0n) is 15.6. The molecule has 1 aliphatic carbocycles. The topological polar surface area (TPSA) is 96.6 Å². The highest BCUT2D eigenvalue weighted by atomic mass is 127. The Morgan fingerprint density at radius 2 is 1.81 bits per heavy atom. The number of nitrogens with zero attached hydrogens (tertiary/aromatic N) is 1. The van der Waals surface area contributed by atoms with Crippen molar-refractivity contribution in [3.8, 4) is 0 Å². The summed E-state index contributed by atoms with van der Waals surface area (Å²) in [5, 5.41) is 3.28. The summed E-state index contributed by atoms with van der Waals surface area (Å²) >= 11 is 0. The van der Waals surface area contributed by atoms with Crippen molar-refractivity contribution in [3.05, 3.63) is 35.4 Å². The van der Waals surface area contributed by atoms with Crippen molar-refractivity contribution in [2.24, 2.45) is 10.7 Å². The van der Waals surface area contributed by atoms with E-state index in [0.717, 1.165) is 24.0 Å². The lowest BCUT2D eigenvalue weighted by atomic mass is 9.96. The summed E-state index contributed by atoms with van der Waals surface area (Å²) in [5.41, 5.74) is 7.64. The molecule has 148 valence electrons. The molecule has 0 bridgehead atoms. The Morgan fingerprint density at radius 3 is 2.42 bits per heavy atom. The second kappa shape index (κ2) is 11.1. The van der Waals surface area contributed by atoms with Gasteiger partial charge in [-0.25, -0.2) is 18.1 Å². The highest BCUT2D eigenvalue weighted by Crippen LogP contribution is 2.17. The average molecular weight is 494 g/mol. The summed E-state index contributed by atoms with van der Waals surface area (Å²) in [6.45, 7) is 4.00. The van der Waals surface area contributed by atoms with Crippen molar-refractivity contribution < 1.29 is 8.42 Å². The molecule has 4 N–H and O–H groups in total. The normalized spacial score (nSPS) is 16.3. The number of hydrogen-bond donors (Lipinski definition) is 3. The summed E-state index contributed by atoms with van der Waals surface area (Å²) in [6, 6.07) is 7.75. The van der Waals surface area contributed by atoms with Gasteiger partial charge in [-0.15, -0.1) is 24.0 Å². The van der Waals surface area contributed by atoms with E-state index in [2.05, 4.69) is 15.0 Å². The van der Waals surface area contributed by atoms with Gasteiger partial charge in [-0.1, -0.05) is 43.5 Å². The van der Waals surface area contributed by atoms with Crippen LogP contribution in [0.1, 0.15) is 57.1 Å². The summed E-state index contributed by atoms with van der Waals surface area (Å²) in [6.07, 6.45) is 6.02. The number of nitrogens with one attached hydrogen (secondary N) is 2. The number of guanidine groups is 1. The van der Waals surface area contributed by atoms with Crippen molar-refractivity contribution >= 4 is 40.0 Å². The molecule has 0 spiro atoms. The molecule has 0 amide bonds. The maximum Gasteiger partial charge on any atom is 0.216 e. The average Bonchev–Trinajstić information content (AvgIpc) is 2.53. The predicted octanol–water partition coefficient (Wildman–Crippen LogP) is 2.87. The number of nitrogens with two attached hydrogens (primary N) is 1. The third-order valence-corrected chi connectivity index (χ3v) is 5.78. The standard InChI is InChI=1S/C18H30N4O2S.HI/c1-14(2)22-25(23,24)13-16-9-7-6-8-15(16)12-20-18(19)21-17-10-4-3-5-11-17;/h6-9,14,17,22H,3-5,10-13H2,1-2H3,(H3,19,20,21);1H. The van der Waals surface area contributed by atoms with Crippen LogP contribution >= 0.6 is 24.0 Å². The number of sulfonamides is 1. The minimum atomic E-state index is -3.36. The van der Waals surface area contributed by atoms with E-state index >= 15 is 0 Å². The van der Waals surface area contributed by atoms with E-state index in [4.69, 9.17) is 5.73 Å². The van der Waals surface area contributed by atoms with Crippen LogP contribution in [-0.4, -0.2) is 26.5 Å². The molecule has 0 atom stereocenters. The molecule has 1 fully saturated rings. The van der Waals surface area contributed by atoms with Crippen LogP contribution in [0.15, 0.2) is 29.3 Å². The Hall–Kier alpha value is -0.870. The summed E-state index contributed by atoms with van der Waals surface area (Å²) in [5.74, 6) is 0.386. The summed E-state index contributed by atoms with van der Waals surface area (Å²) in [7, 11) is -3.36. The van der Waals surface area contributed by atoms with E-state index in [9.17, 15) is 8.42 Å². The van der Waals surface area contributed by atoms with E-state index in [0.29, 0.717) is 18.5 Å². The summed E-state index contributed by atoms with van der Waals surface area (Å²) < 4.78 is 27.0. The van der Waals surface area contributed by atoms with Gasteiger partial charge in [-0.3, -0.25) is 0 Å². The first-order valence-corrected chi connectivity index (χ1v) is 10.6. The third-order valence-electron chi connectivity index (χ3n) is 4.26. The first-order chi connectivity index (χ1) is 11.9. The quantitative estimate of drug-likeness (QED) is 0.309. The molecule has 2 rings (SSSR count). The minimum Gasteiger partial charge on any atom is -0.370 e. The van der Waals surface area contributed by atoms with Crippen LogP contribution in [0.2, 0.25) is 0 Å². The van der Waals surface area contributed by atoms with Crippen LogP contribution < -0.4 is 15.8 Å². The Morgan fingerprint density at radius 1 is 1.19 bits per heavy atom. The number of aliphatic imine (C=N–C) groups is 1. The van der Waals surface area contributed by atoms with Gasteiger partial charge in [-0.05, 0) is 37.8 Å². The fraction of sp³-hybridized carbons (Fsp3) is 0.611. The molecule has 0 saturated heterocycles. The fourth-order valence-corrected chi connectivity index (χ4v) is 4.62. The van der Waals surface area contributed by atoms with Crippen LogP contribution in [0.5, 0.6) is 0 Å². The van der Waals surface area contributed by atoms with Crippen molar-refractivity contribution in [2.75, 3.05) is 0 Å². The lowest BCUT2D eigenvalue weighted by Crippen LogP contribution is -2.41. The largest absolute Gasteiger partial charge is 0.370 e. The van der Waals surface area contributed by atoms with Gasteiger partial charge >= 0.3 is 0 Å². The van der Waals surface area contributed by atoms with Crippen LogP contribution in [0, 0.1) is 0 Å². The van der Waals surface area contributed by atoms with E-state index in [-0.39, 0.29) is 35.8 Å². The molecular weight excluding hydrogens is 463 g/mol. The monoisotopic (exact) mass is 494 g/mol. The van der Waals surface area contributed by atoms with Gasteiger partial charge in [0.15, 0.2) is 5.96 Å². The number of rotatable bonds is 7. The van der Waals surface area contributed by atoms with E-state index < -0.39 is 10.0 Å². The van der Waals surface area contributed by atoms with Gasteiger partial charge in [0.05, 0.1) is 12.3 Å². The third kappa shape index (κ3) is 8.22. The van der Waals surface area contributed by atoms with Crippen LogP contribution in [0.3, 0.4) is 0 Å². The van der Waals surface area contributed by atoms with Gasteiger partial charge in [-0.2, -0.15) is 0 Å². The van der Waals surface area contributed by atoms with Crippen molar-refractivity contribution in [3.63, 3.8) is 0 Å².